The Hall–Kier alpha value is -2.63. The Bertz CT molecular complexity index is 707. The number of hydrogen-bond donors (Lipinski definition) is 1. The van der Waals surface area contributed by atoms with E-state index >= 15 is 0 Å². The van der Waals surface area contributed by atoms with Crippen LogP contribution < -0.4 is 0 Å². The van der Waals surface area contributed by atoms with Crippen molar-refractivity contribution in [1.82, 2.24) is 14.7 Å². The Morgan fingerprint density at radius 2 is 1.78 bits per heavy atom. The Morgan fingerprint density at radius 1 is 1.17 bits per heavy atom. The zero-order chi connectivity index (χ0) is 17.1. The fraction of sp³-hybridized carbons (Fsp3) is 0.353. The first-order chi connectivity index (χ1) is 10.8. The average molecular weight is 315 g/mol. The Kier molecular flexibility index (Phi) is 4.83. The Labute approximate surface area is 135 Å². The van der Waals surface area contributed by atoms with Crippen molar-refractivity contribution in [2.75, 3.05) is 7.05 Å². The van der Waals surface area contributed by atoms with Gasteiger partial charge in [0.1, 0.15) is 6.04 Å². The van der Waals surface area contributed by atoms with Crippen LogP contribution >= 0.6 is 0 Å². The number of carbonyl (C=O) groups excluding carboxylic acids is 1. The van der Waals surface area contributed by atoms with E-state index in [4.69, 9.17) is 5.11 Å². The maximum Gasteiger partial charge on any atom is 0.326 e. The third kappa shape index (κ3) is 3.41. The first-order valence-electron chi connectivity index (χ1n) is 7.48. The predicted octanol–water partition coefficient (Wildman–Crippen LogP) is 2.54. The number of para-hydroxylation sites is 1. The van der Waals surface area contributed by atoms with Crippen molar-refractivity contribution in [3.8, 4) is 5.69 Å². The van der Waals surface area contributed by atoms with Crippen molar-refractivity contribution in [3.63, 3.8) is 0 Å². The van der Waals surface area contributed by atoms with Gasteiger partial charge in [-0.1, -0.05) is 32.0 Å². The van der Waals surface area contributed by atoms with Gasteiger partial charge in [-0.25, -0.2) is 9.48 Å². The maximum absolute atomic E-state index is 12.5. The molecular weight excluding hydrogens is 294 g/mol. The minimum atomic E-state index is -1.05. The molecule has 122 valence electrons. The zero-order valence-electron chi connectivity index (χ0n) is 13.7. The van der Waals surface area contributed by atoms with Crippen LogP contribution in [0.5, 0.6) is 0 Å². The summed E-state index contributed by atoms with van der Waals surface area (Å²) in [5, 5.41) is 13.5. The molecule has 0 aliphatic carbocycles. The first-order valence-corrected chi connectivity index (χ1v) is 7.48. The molecular formula is C17H21N3O3. The van der Waals surface area contributed by atoms with Gasteiger partial charge in [0.05, 0.1) is 5.69 Å². The summed E-state index contributed by atoms with van der Waals surface area (Å²) in [5.74, 6) is -1.28. The van der Waals surface area contributed by atoms with Crippen LogP contribution in [0.4, 0.5) is 0 Å². The van der Waals surface area contributed by atoms with Crippen LogP contribution in [0.1, 0.15) is 42.9 Å². The quantitative estimate of drug-likeness (QED) is 0.920. The number of hydrogen-bond acceptors (Lipinski definition) is 3. The Balaban J connectivity index is 2.42. The smallest absolute Gasteiger partial charge is 0.326 e. The van der Waals surface area contributed by atoms with Gasteiger partial charge in [0.15, 0.2) is 5.69 Å². The van der Waals surface area contributed by atoms with Crippen molar-refractivity contribution in [3.05, 3.63) is 47.8 Å². The van der Waals surface area contributed by atoms with E-state index in [1.165, 1.54) is 18.9 Å². The number of likely N-dealkylation sites (N-methyl/N-ethyl adjacent to an activating group) is 1. The third-order valence-electron chi connectivity index (χ3n) is 3.81. The van der Waals surface area contributed by atoms with Crippen molar-refractivity contribution < 1.29 is 14.7 Å². The molecule has 1 N–H and O–H groups in total. The number of rotatable bonds is 5. The molecule has 1 atom stereocenters. The fourth-order valence-corrected chi connectivity index (χ4v) is 2.21. The number of carboxylic acids is 1. The summed E-state index contributed by atoms with van der Waals surface area (Å²) in [6.45, 7) is 5.51. The second kappa shape index (κ2) is 6.64. The molecule has 1 heterocycles. The van der Waals surface area contributed by atoms with Gasteiger partial charge in [0, 0.05) is 12.7 Å². The molecule has 0 radical (unpaired) electrons. The lowest BCUT2D eigenvalue weighted by Crippen LogP contribution is -2.40. The van der Waals surface area contributed by atoms with Crippen LogP contribution in [0.15, 0.2) is 36.4 Å². The molecule has 2 rings (SSSR count). The van der Waals surface area contributed by atoms with Crippen LogP contribution in [0, 0.1) is 0 Å². The zero-order valence-corrected chi connectivity index (χ0v) is 13.7. The topological polar surface area (TPSA) is 75.4 Å². The number of benzene rings is 1. The molecule has 0 spiro atoms. The van der Waals surface area contributed by atoms with E-state index in [2.05, 4.69) is 5.10 Å². The van der Waals surface area contributed by atoms with Crippen LogP contribution in [0.3, 0.4) is 0 Å². The van der Waals surface area contributed by atoms with Gasteiger partial charge < -0.3 is 10.0 Å². The van der Waals surface area contributed by atoms with E-state index in [1.54, 1.807) is 10.7 Å². The molecule has 0 saturated heterocycles. The lowest BCUT2D eigenvalue weighted by Gasteiger charge is -2.20. The number of amides is 1. The average Bonchev–Trinajstić information content (AvgIpc) is 2.99. The molecule has 0 aliphatic heterocycles. The van der Waals surface area contributed by atoms with Crippen LogP contribution in [-0.2, 0) is 4.79 Å². The molecule has 6 nitrogen and oxygen atoms in total. The van der Waals surface area contributed by atoms with E-state index in [9.17, 15) is 9.59 Å². The molecule has 1 aromatic carbocycles. The lowest BCUT2D eigenvalue weighted by atomic mass is 10.1. The molecule has 0 saturated carbocycles. The van der Waals surface area contributed by atoms with Gasteiger partial charge in [-0.15, -0.1) is 0 Å². The minimum absolute atomic E-state index is 0.173. The van der Waals surface area contributed by atoms with Crippen LogP contribution in [0.25, 0.3) is 5.69 Å². The van der Waals surface area contributed by atoms with Crippen molar-refractivity contribution in [2.24, 2.45) is 0 Å². The van der Waals surface area contributed by atoms with Gasteiger partial charge in [0.2, 0.25) is 0 Å². The van der Waals surface area contributed by atoms with Gasteiger partial charge in [0.25, 0.3) is 5.91 Å². The highest BCUT2D eigenvalue weighted by atomic mass is 16.4. The van der Waals surface area contributed by atoms with Crippen LogP contribution in [-0.4, -0.2) is 44.8 Å². The summed E-state index contributed by atoms with van der Waals surface area (Å²) in [7, 11) is 1.47. The van der Waals surface area contributed by atoms with Crippen molar-refractivity contribution >= 4 is 11.9 Å². The molecule has 1 aromatic heterocycles. The van der Waals surface area contributed by atoms with Gasteiger partial charge in [-0.05, 0) is 31.0 Å². The highest BCUT2D eigenvalue weighted by molar-refractivity contribution is 5.94. The van der Waals surface area contributed by atoms with Crippen molar-refractivity contribution in [2.45, 2.75) is 32.7 Å². The van der Waals surface area contributed by atoms with Crippen molar-refractivity contribution in [1.29, 1.82) is 0 Å². The van der Waals surface area contributed by atoms with Crippen LogP contribution in [0.2, 0.25) is 0 Å². The van der Waals surface area contributed by atoms with E-state index in [-0.39, 0.29) is 11.6 Å². The molecule has 0 aliphatic rings. The molecule has 2 aromatic rings. The van der Waals surface area contributed by atoms with Gasteiger partial charge in [-0.3, -0.25) is 4.79 Å². The monoisotopic (exact) mass is 315 g/mol. The maximum atomic E-state index is 12.5. The highest BCUT2D eigenvalue weighted by Gasteiger charge is 2.26. The lowest BCUT2D eigenvalue weighted by molar-refractivity contribution is -0.141. The number of carboxylic acid groups (broad SMARTS) is 1. The van der Waals surface area contributed by atoms with E-state index < -0.39 is 17.9 Å². The molecule has 1 amide bonds. The summed E-state index contributed by atoms with van der Waals surface area (Å²) >= 11 is 0. The summed E-state index contributed by atoms with van der Waals surface area (Å²) in [5.41, 5.74) is 2.01. The number of nitrogens with zero attached hydrogens (tertiary/aromatic N) is 3. The number of aromatic nitrogens is 2. The minimum Gasteiger partial charge on any atom is -0.480 e. The molecule has 6 heteroatoms. The summed E-state index contributed by atoms with van der Waals surface area (Å²) < 4.78 is 1.73. The fourth-order valence-electron chi connectivity index (χ4n) is 2.21. The van der Waals surface area contributed by atoms with E-state index in [0.29, 0.717) is 0 Å². The Morgan fingerprint density at radius 3 is 2.30 bits per heavy atom. The summed E-state index contributed by atoms with van der Waals surface area (Å²) in [6.07, 6.45) is 0. The molecule has 1 unspecified atom stereocenters. The first kappa shape index (κ1) is 16.7. The summed E-state index contributed by atoms with van der Waals surface area (Å²) in [4.78, 5) is 24.7. The normalized spacial score (nSPS) is 12.2. The van der Waals surface area contributed by atoms with E-state index in [0.717, 1.165) is 11.4 Å². The van der Waals surface area contributed by atoms with E-state index in [1.807, 2.05) is 44.2 Å². The standard InChI is InChI=1S/C17H21N3O3/c1-11(2)15-10-14(16(21)19(4)12(3)17(22)23)18-20(15)13-8-6-5-7-9-13/h5-12H,1-4H3,(H,22,23). The SMILES string of the molecule is CC(C)c1cc(C(=O)N(C)C(C)C(=O)O)nn1-c1ccccc1. The van der Waals surface area contributed by atoms with Gasteiger partial charge in [-0.2, -0.15) is 5.10 Å². The van der Waals surface area contributed by atoms with Gasteiger partial charge >= 0.3 is 5.97 Å². The number of carbonyl (C=O) groups is 2. The highest BCUT2D eigenvalue weighted by Crippen LogP contribution is 2.21. The second-order valence-corrected chi connectivity index (χ2v) is 5.79. The molecule has 0 bridgehead atoms. The number of aliphatic carboxylic acids is 1. The predicted molar refractivity (Wildman–Crippen MR) is 86.8 cm³/mol. The second-order valence-electron chi connectivity index (χ2n) is 5.79. The summed E-state index contributed by atoms with van der Waals surface area (Å²) in [6, 6.07) is 10.4. The third-order valence-corrected chi connectivity index (χ3v) is 3.81. The molecule has 0 fully saturated rings. The molecule has 23 heavy (non-hydrogen) atoms. The largest absolute Gasteiger partial charge is 0.480 e.